The van der Waals surface area contributed by atoms with Crippen molar-refractivity contribution < 1.29 is 9.59 Å². The number of rotatable bonds is 5. The summed E-state index contributed by atoms with van der Waals surface area (Å²) in [5.41, 5.74) is 7.60. The monoisotopic (exact) mass is 339 g/mol. The van der Waals surface area contributed by atoms with Crippen LogP contribution in [0.4, 0.5) is 11.5 Å². The first kappa shape index (κ1) is 16.9. The van der Waals surface area contributed by atoms with Crippen LogP contribution < -0.4 is 21.3 Å². The average molecular weight is 339 g/mol. The number of nitrogens with zero attached hydrogens (tertiary/aromatic N) is 2. The Labute approximate surface area is 146 Å². The van der Waals surface area contributed by atoms with E-state index in [-0.39, 0.29) is 24.3 Å². The first-order valence-corrected chi connectivity index (χ1v) is 8.20. The number of carbonyl (C=O) groups excluding carboxylic acids is 2. The number of aromatic nitrogens is 1. The van der Waals surface area contributed by atoms with Crippen molar-refractivity contribution in [1.29, 1.82) is 0 Å². The third-order valence-electron chi connectivity index (χ3n) is 4.03. The van der Waals surface area contributed by atoms with Gasteiger partial charge in [-0.05, 0) is 17.7 Å². The molecule has 2 heterocycles. The topological polar surface area (TPSA) is 100 Å². The van der Waals surface area contributed by atoms with Gasteiger partial charge >= 0.3 is 0 Å². The molecule has 1 aromatic carbocycles. The second-order valence-corrected chi connectivity index (χ2v) is 5.95. The maximum absolute atomic E-state index is 12.1. The van der Waals surface area contributed by atoms with Crippen LogP contribution in [0.15, 0.2) is 48.7 Å². The SMILES string of the molecule is NC(CC(=O)Nc1ccc(N2CCNC(=O)C2)nc1)c1ccccc1. The number of benzene rings is 1. The van der Waals surface area contributed by atoms with Crippen LogP contribution in [0.3, 0.4) is 0 Å². The summed E-state index contributed by atoms with van der Waals surface area (Å²) in [4.78, 5) is 29.8. The Morgan fingerprint density at radius 1 is 1.28 bits per heavy atom. The Kier molecular flexibility index (Phi) is 5.25. The molecule has 7 heteroatoms. The standard InChI is InChI=1S/C18H21N5O2/c19-15(13-4-2-1-3-5-13)10-17(24)22-14-6-7-16(21-11-14)23-9-8-20-18(25)12-23/h1-7,11,15H,8-10,12,19H2,(H,20,25)(H,22,24). The molecule has 1 aliphatic heterocycles. The number of anilines is 2. The number of piperazine rings is 1. The largest absolute Gasteiger partial charge is 0.353 e. The molecule has 2 aromatic rings. The molecular weight excluding hydrogens is 318 g/mol. The summed E-state index contributed by atoms with van der Waals surface area (Å²) >= 11 is 0. The maximum atomic E-state index is 12.1. The van der Waals surface area contributed by atoms with Crippen LogP contribution in [0, 0.1) is 0 Å². The van der Waals surface area contributed by atoms with Gasteiger partial charge in [0.1, 0.15) is 5.82 Å². The van der Waals surface area contributed by atoms with Gasteiger partial charge in [-0.25, -0.2) is 4.98 Å². The fraction of sp³-hybridized carbons (Fsp3) is 0.278. The lowest BCUT2D eigenvalue weighted by molar-refractivity contribution is -0.120. The smallest absolute Gasteiger partial charge is 0.239 e. The summed E-state index contributed by atoms with van der Waals surface area (Å²) in [5.74, 6) is 0.539. The summed E-state index contributed by atoms with van der Waals surface area (Å²) in [6.45, 7) is 1.62. The number of carbonyl (C=O) groups is 2. The quantitative estimate of drug-likeness (QED) is 0.756. The third-order valence-corrected chi connectivity index (χ3v) is 4.03. The van der Waals surface area contributed by atoms with Crippen LogP contribution in [0.1, 0.15) is 18.0 Å². The molecule has 1 saturated heterocycles. The number of amides is 2. The van der Waals surface area contributed by atoms with Gasteiger partial charge in [-0.2, -0.15) is 0 Å². The van der Waals surface area contributed by atoms with E-state index in [1.54, 1.807) is 18.3 Å². The zero-order chi connectivity index (χ0) is 17.6. The van der Waals surface area contributed by atoms with E-state index < -0.39 is 0 Å². The number of hydrogen-bond acceptors (Lipinski definition) is 5. The number of pyridine rings is 1. The minimum Gasteiger partial charge on any atom is -0.353 e. The number of hydrogen-bond donors (Lipinski definition) is 3. The van der Waals surface area contributed by atoms with Crippen LogP contribution in [0.5, 0.6) is 0 Å². The summed E-state index contributed by atoms with van der Waals surface area (Å²) in [6.07, 6.45) is 1.78. The van der Waals surface area contributed by atoms with E-state index in [1.807, 2.05) is 35.2 Å². The fourth-order valence-corrected chi connectivity index (χ4v) is 2.71. The molecule has 0 aliphatic carbocycles. The summed E-state index contributed by atoms with van der Waals surface area (Å²) in [6, 6.07) is 12.8. The van der Waals surface area contributed by atoms with Gasteiger partial charge in [-0.3, -0.25) is 9.59 Å². The maximum Gasteiger partial charge on any atom is 0.239 e. The second kappa shape index (κ2) is 7.76. The number of nitrogens with one attached hydrogen (secondary N) is 2. The van der Waals surface area contributed by atoms with Gasteiger partial charge in [-0.1, -0.05) is 30.3 Å². The first-order chi connectivity index (χ1) is 12.1. The first-order valence-electron chi connectivity index (χ1n) is 8.20. The van der Waals surface area contributed by atoms with Crippen LogP contribution in [0.2, 0.25) is 0 Å². The van der Waals surface area contributed by atoms with Crippen LogP contribution in [-0.2, 0) is 9.59 Å². The highest BCUT2D eigenvalue weighted by Crippen LogP contribution is 2.17. The van der Waals surface area contributed by atoms with E-state index in [4.69, 9.17) is 5.73 Å². The Hall–Kier alpha value is -2.93. The fourth-order valence-electron chi connectivity index (χ4n) is 2.71. The van der Waals surface area contributed by atoms with Gasteiger partial charge in [-0.15, -0.1) is 0 Å². The Morgan fingerprint density at radius 2 is 2.08 bits per heavy atom. The van der Waals surface area contributed by atoms with Crippen molar-refractivity contribution in [3.8, 4) is 0 Å². The van der Waals surface area contributed by atoms with E-state index in [9.17, 15) is 9.59 Å². The lowest BCUT2D eigenvalue weighted by Gasteiger charge is -2.27. The highest BCUT2D eigenvalue weighted by atomic mass is 16.2. The van der Waals surface area contributed by atoms with Crippen molar-refractivity contribution in [2.75, 3.05) is 29.9 Å². The molecule has 1 aromatic heterocycles. The van der Waals surface area contributed by atoms with Crippen molar-refractivity contribution in [3.63, 3.8) is 0 Å². The van der Waals surface area contributed by atoms with Crippen molar-refractivity contribution in [2.45, 2.75) is 12.5 Å². The van der Waals surface area contributed by atoms with Crippen molar-refractivity contribution in [2.24, 2.45) is 5.73 Å². The zero-order valence-electron chi connectivity index (χ0n) is 13.8. The van der Waals surface area contributed by atoms with Gasteiger partial charge in [0, 0.05) is 25.6 Å². The lowest BCUT2D eigenvalue weighted by Crippen LogP contribution is -2.48. The lowest BCUT2D eigenvalue weighted by atomic mass is 10.0. The van der Waals surface area contributed by atoms with E-state index in [0.29, 0.717) is 24.6 Å². The minimum absolute atomic E-state index is 0.0136. The molecule has 7 nitrogen and oxygen atoms in total. The van der Waals surface area contributed by atoms with E-state index in [1.165, 1.54) is 0 Å². The molecule has 25 heavy (non-hydrogen) atoms. The number of nitrogens with two attached hydrogens (primary N) is 1. The molecule has 0 bridgehead atoms. The van der Waals surface area contributed by atoms with Crippen LogP contribution in [0.25, 0.3) is 0 Å². The van der Waals surface area contributed by atoms with Gasteiger partial charge in [0.05, 0.1) is 18.4 Å². The van der Waals surface area contributed by atoms with E-state index >= 15 is 0 Å². The summed E-state index contributed by atoms with van der Waals surface area (Å²) in [5, 5.41) is 5.58. The molecule has 1 fully saturated rings. The van der Waals surface area contributed by atoms with Crippen molar-refractivity contribution in [3.05, 3.63) is 54.2 Å². The van der Waals surface area contributed by atoms with Crippen LogP contribution >= 0.6 is 0 Å². The van der Waals surface area contributed by atoms with E-state index in [0.717, 1.165) is 12.1 Å². The van der Waals surface area contributed by atoms with Gasteiger partial charge in [0.15, 0.2) is 0 Å². The van der Waals surface area contributed by atoms with Crippen LogP contribution in [-0.4, -0.2) is 36.4 Å². The van der Waals surface area contributed by atoms with Crippen molar-refractivity contribution >= 4 is 23.3 Å². The molecule has 4 N–H and O–H groups in total. The molecule has 130 valence electrons. The Bertz CT molecular complexity index is 733. The summed E-state index contributed by atoms with van der Waals surface area (Å²) < 4.78 is 0. The van der Waals surface area contributed by atoms with E-state index in [2.05, 4.69) is 15.6 Å². The van der Waals surface area contributed by atoms with Crippen molar-refractivity contribution in [1.82, 2.24) is 10.3 Å². The molecule has 0 radical (unpaired) electrons. The molecule has 0 spiro atoms. The van der Waals surface area contributed by atoms with Gasteiger partial charge in [0.2, 0.25) is 11.8 Å². The zero-order valence-corrected chi connectivity index (χ0v) is 13.8. The molecule has 1 aliphatic rings. The molecule has 0 saturated carbocycles. The molecule has 1 unspecified atom stereocenters. The summed E-state index contributed by atoms with van der Waals surface area (Å²) in [7, 11) is 0. The molecule has 3 rings (SSSR count). The second-order valence-electron chi connectivity index (χ2n) is 5.95. The predicted octanol–water partition coefficient (Wildman–Crippen LogP) is 1.05. The Balaban J connectivity index is 1.56. The minimum atomic E-state index is -0.347. The third kappa shape index (κ3) is 4.54. The average Bonchev–Trinajstić information content (AvgIpc) is 2.63. The molecule has 2 amide bonds. The highest BCUT2D eigenvalue weighted by Gasteiger charge is 2.17. The Morgan fingerprint density at radius 3 is 2.76 bits per heavy atom. The molecule has 1 atom stereocenters. The highest BCUT2D eigenvalue weighted by molar-refractivity contribution is 5.91. The van der Waals surface area contributed by atoms with Gasteiger partial charge < -0.3 is 21.3 Å². The molecular formula is C18H21N5O2. The predicted molar refractivity (Wildman–Crippen MR) is 96.1 cm³/mol. The van der Waals surface area contributed by atoms with Gasteiger partial charge in [0.25, 0.3) is 0 Å². The normalized spacial score (nSPS) is 15.4.